The van der Waals surface area contributed by atoms with Gasteiger partial charge in [-0.25, -0.2) is 4.98 Å². The first-order chi connectivity index (χ1) is 13.0. The van der Waals surface area contributed by atoms with E-state index in [1.54, 1.807) is 22.3 Å². The number of carbonyl (C=O) groups excluding carboxylic acids is 1. The number of nitrogens with zero attached hydrogens (tertiary/aromatic N) is 3. The molecule has 6 heteroatoms. The summed E-state index contributed by atoms with van der Waals surface area (Å²) in [5.74, 6) is -0.0330. The average Bonchev–Trinajstić information content (AvgIpc) is 3.09. The fraction of sp³-hybridized carbons (Fsp3) is 0.273. The summed E-state index contributed by atoms with van der Waals surface area (Å²) in [6, 6.07) is 16.0. The third-order valence-corrected chi connectivity index (χ3v) is 5.35. The summed E-state index contributed by atoms with van der Waals surface area (Å²) in [5.41, 5.74) is 3.13. The highest BCUT2D eigenvalue weighted by molar-refractivity contribution is 7.22. The molecule has 3 aromatic rings. The lowest BCUT2D eigenvalue weighted by atomic mass is 10.2. The Bertz CT molecular complexity index is 937. The Morgan fingerprint density at radius 1 is 1.07 bits per heavy atom. The van der Waals surface area contributed by atoms with Crippen LogP contribution in [0.5, 0.6) is 0 Å². The van der Waals surface area contributed by atoms with Crippen molar-refractivity contribution in [3.8, 4) is 0 Å². The second-order valence-corrected chi connectivity index (χ2v) is 7.82. The molecular weight excluding hydrogens is 390 g/mol. The molecule has 4 nitrogen and oxygen atoms in total. The lowest BCUT2D eigenvalue weighted by molar-refractivity contribution is -0.114. The Labute approximate surface area is 176 Å². The molecule has 0 spiro atoms. The van der Waals surface area contributed by atoms with Gasteiger partial charge in [0.1, 0.15) is 0 Å². The van der Waals surface area contributed by atoms with Gasteiger partial charge in [-0.15, -0.1) is 12.4 Å². The Morgan fingerprint density at radius 3 is 2.50 bits per heavy atom. The zero-order valence-electron chi connectivity index (χ0n) is 16.5. The third kappa shape index (κ3) is 5.64. The predicted molar refractivity (Wildman–Crippen MR) is 123 cm³/mol. The summed E-state index contributed by atoms with van der Waals surface area (Å²) in [5, 5.41) is 0.765. The van der Waals surface area contributed by atoms with E-state index in [1.165, 1.54) is 0 Å². The van der Waals surface area contributed by atoms with Crippen LogP contribution in [0.15, 0.2) is 54.6 Å². The maximum atomic E-state index is 12.9. The van der Waals surface area contributed by atoms with Crippen LogP contribution in [0.3, 0.4) is 0 Å². The number of para-hydroxylation sites is 1. The molecule has 0 bridgehead atoms. The van der Waals surface area contributed by atoms with Crippen molar-refractivity contribution in [3.05, 3.63) is 65.7 Å². The molecule has 2 aromatic carbocycles. The molecule has 0 saturated heterocycles. The van der Waals surface area contributed by atoms with Gasteiger partial charge >= 0.3 is 0 Å². The zero-order chi connectivity index (χ0) is 19.2. The number of carbonyl (C=O) groups is 1. The number of benzene rings is 2. The minimum absolute atomic E-state index is 0. The van der Waals surface area contributed by atoms with Crippen molar-refractivity contribution in [2.75, 3.05) is 32.1 Å². The summed E-state index contributed by atoms with van der Waals surface area (Å²) in [6.07, 6.45) is 4.40. The summed E-state index contributed by atoms with van der Waals surface area (Å²) in [6.45, 7) is 3.63. The number of hydrogen-bond acceptors (Lipinski definition) is 4. The van der Waals surface area contributed by atoms with Crippen LogP contribution in [-0.4, -0.2) is 43.0 Å². The molecule has 28 heavy (non-hydrogen) atoms. The minimum atomic E-state index is -0.0330. The van der Waals surface area contributed by atoms with Crippen LogP contribution in [0.25, 0.3) is 16.3 Å². The molecule has 0 aliphatic heterocycles. The SMILES string of the molecule is Cc1cccc2sc(N(CCCN(C)C)C(=O)C=Cc3ccccc3)nc12.Cl. The number of aryl methyl sites for hydroxylation is 1. The Kier molecular flexibility index (Phi) is 8.18. The van der Waals surface area contributed by atoms with E-state index in [0.29, 0.717) is 6.54 Å². The topological polar surface area (TPSA) is 36.4 Å². The number of anilines is 1. The second-order valence-electron chi connectivity index (χ2n) is 6.81. The van der Waals surface area contributed by atoms with Gasteiger partial charge in [0.25, 0.3) is 5.91 Å². The van der Waals surface area contributed by atoms with Crippen LogP contribution in [0, 0.1) is 6.92 Å². The number of hydrogen-bond donors (Lipinski definition) is 0. The van der Waals surface area contributed by atoms with E-state index in [0.717, 1.165) is 39.4 Å². The second kappa shape index (κ2) is 10.4. The zero-order valence-corrected chi connectivity index (χ0v) is 18.1. The van der Waals surface area contributed by atoms with Crippen molar-refractivity contribution in [1.29, 1.82) is 0 Å². The quantitative estimate of drug-likeness (QED) is 0.508. The Morgan fingerprint density at radius 2 is 1.82 bits per heavy atom. The highest BCUT2D eigenvalue weighted by Gasteiger charge is 2.18. The van der Waals surface area contributed by atoms with E-state index < -0.39 is 0 Å². The Balaban J connectivity index is 0.00000280. The van der Waals surface area contributed by atoms with Gasteiger partial charge in [-0.1, -0.05) is 53.8 Å². The van der Waals surface area contributed by atoms with Crippen LogP contribution < -0.4 is 4.90 Å². The lowest BCUT2D eigenvalue weighted by Gasteiger charge is -2.19. The molecular formula is C22H26ClN3OS. The first-order valence-electron chi connectivity index (χ1n) is 9.10. The molecule has 1 aromatic heterocycles. The van der Waals surface area contributed by atoms with E-state index in [4.69, 9.17) is 4.98 Å². The van der Waals surface area contributed by atoms with Crippen molar-refractivity contribution in [2.24, 2.45) is 0 Å². The number of amides is 1. The van der Waals surface area contributed by atoms with Crippen molar-refractivity contribution in [1.82, 2.24) is 9.88 Å². The standard InChI is InChI=1S/C22H25N3OS.ClH/c1-17-9-7-12-19-21(17)23-22(27-19)25(16-8-15-24(2)3)20(26)14-13-18-10-5-4-6-11-18;/h4-7,9-14H,8,15-16H2,1-3H3;1H. The largest absolute Gasteiger partial charge is 0.309 e. The van der Waals surface area contributed by atoms with Gasteiger partial charge in [0.2, 0.25) is 0 Å². The molecule has 1 amide bonds. The average molecular weight is 416 g/mol. The molecule has 1 heterocycles. The lowest BCUT2D eigenvalue weighted by Crippen LogP contribution is -2.32. The van der Waals surface area contributed by atoms with Crippen molar-refractivity contribution >= 4 is 51.1 Å². The van der Waals surface area contributed by atoms with Gasteiger partial charge in [0.05, 0.1) is 10.2 Å². The molecule has 148 valence electrons. The van der Waals surface area contributed by atoms with Gasteiger partial charge in [-0.3, -0.25) is 9.69 Å². The van der Waals surface area contributed by atoms with Gasteiger partial charge in [0, 0.05) is 12.6 Å². The summed E-state index contributed by atoms with van der Waals surface area (Å²) >= 11 is 1.57. The van der Waals surface area contributed by atoms with Crippen molar-refractivity contribution in [2.45, 2.75) is 13.3 Å². The van der Waals surface area contributed by atoms with Crippen LogP contribution in [0.2, 0.25) is 0 Å². The number of halogens is 1. The highest BCUT2D eigenvalue weighted by atomic mass is 35.5. The summed E-state index contributed by atoms with van der Waals surface area (Å²) in [7, 11) is 4.09. The van der Waals surface area contributed by atoms with Crippen molar-refractivity contribution in [3.63, 3.8) is 0 Å². The van der Waals surface area contributed by atoms with E-state index in [1.807, 2.05) is 56.6 Å². The molecule has 0 N–H and O–H groups in total. The molecule has 0 atom stereocenters. The first-order valence-corrected chi connectivity index (χ1v) is 9.92. The third-order valence-electron chi connectivity index (χ3n) is 4.31. The molecule has 0 aliphatic rings. The molecule has 3 rings (SSSR count). The van der Waals surface area contributed by atoms with E-state index in [2.05, 4.69) is 24.0 Å². The maximum Gasteiger partial charge on any atom is 0.252 e. The number of fused-ring (bicyclic) bond motifs is 1. The summed E-state index contributed by atoms with van der Waals surface area (Å²) < 4.78 is 1.11. The minimum Gasteiger partial charge on any atom is -0.309 e. The smallest absolute Gasteiger partial charge is 0.252 e. The molecule has 0 fully saturated rings. The normalized spacial score (nSPS) is 11.1. The predicted octanol–water partition coefficient (Wildman–Crippen LogP) is 5.02. The number of aromatic nitrogens is 1. The van der Waals surface area contributed by atoms with Gasteiger partial charge < -0.3 is 4.90 Å². The number of thiazole rings is 1. The Hall–Kier alpha value is -2.21. The monoisotopic (exact) mass is 415 g/mol. The molecule has 0 saturated carbocycles. The fourth-order valence-corrected chi connectivity index (χ4v) is 3.93. The summed E-state index contributed by atoms with van der Waals surface area (Å²) in [4.78, 5) is 21.6. The maximum absolute atomic E-state index is 12.9. The van der Waals surface area contributed by atoms with E-state index in [9.17, 15) is 4.79 Å². The van der Waals surface area contributed by atoms with Crippen LogP contribution >= 0.6 is 23.7 Å². The fourth-order valence-electron chi connectivity index (χ4n) is 2.86. The van der Waals surface area contributed by atoms with Gasteiger partial charge in [-0.05, 0) is 57.3 Å². The van der Waals surface area contributed by atoms with Gasteiger partial charge in [-0.2, -0.15) is 0 Å². The molecule has 0 radical (unpaired) electrons. The first kappa shape index (κ1) is 22.1. The van der Waals surface area contributed by atoms with Crippen LogP contribution in [-0.2, 0) is 4.79 Å². The van der Waals surface area contributed by atoms with Crippen LogP contribution in [0.4, 0.5) is 5.13 Å². The van der Waals surface area contributed by atoms with Crippen LogP contribution in [0.1, 0.15) is 17.5 Å². The van der Waals surface area contributed by atoms with Gasteiger partial charge in [0.15, 0.2) is 5.13 Å². The molecule has 0 aliphatic carbocycles. The van der Waals surface area contributed by atoms with E-state index in [-0.39, 0.29) is 18.3 Å². The number of rotatable bonds is 7. The molecule has 0 unspecified atom stereocenters. The highest BCUT2D eigenvalue weighted by Crippen LogP contribution is 2.31. The van der Waals surface area contributed by atoms with Crippen molar-refractivity contribution < 1.29 is 4.79 Å². The van der Waals surface area contributed by atoms with E-state index >= 15 is 0 Å².